The number of nitrogens with one attached hydrogen (secondary N) is 1. The summed E-state index contributed by atoms with van der Waals surface area (Å²) in [6.45, 7) is 2.41. The number of likely N-dealkylation sites (N-methyl/N-ethyl adjacent to an activating group) is 1. The molecule has 0 unspecified atom stereocenters. The van der Waals surface area contributed by atoms with Gasteiger partial charge in [-0.3, -0.25) is 4.79 Å². The van der Waals surface area contributed by atoms with E-state index >= 15 is 0 Å². The van der Waals surface area contributed by atoms with Crippen LogP contribution in [0.5, 0.6) is 0 Å². The number of piperidine rings is 1. The van der Waals surface area contributed by atoms with Gasteiger partial charge in [0.2, 0.25) is 0 Å². The van der Waals surface area contributed by atoms with Crippen LogP contribution >= 0.6 is 11.6 Å². The lowest BCUT2D eigenvalue weighted by Crippen LogP contribution is -2.45. The Labute approximate surface area is 148 Å². The minimum Gasteiger partial charge on any atom is -0.386 e. The Hall–Kier alpha value is -2.03. The van der Waals surface area contributed by atoms with Crippen molar-refractivity contribution in [2.45, 2.75) is 25.4 Å². The van der Waals surface area contributed by atoms with Gasteiger partial charge in [-0.15, -0.1) is 0 Å². The lowest BCUT2D eigenvalue weighted by molar-refractivity contribution is -0.128. The molecule has 0 aromatic heterocycles. The fourth-order valence-corrected chi connectivity index (χ4v) is 2.99. The van der Waals surface area contributed by atoms with Gasteiger partial charge in [0.05, 0.1) is 0 Å². The number of likely N-dealkylation sites (tertiary alicyclic amines) is 1. The Morgan fingerprint density at radius 2 is 2.12 bits per heavy atom. The van der Waals surface area contributed by atoms with E-state index in [1.54, 1.807) is 11.9 Å². The average Bonchev–Trinajstić information content (AvgIpc) is 2.60. The van der Waals surface area contributed by atoms with Crippen molar-refractivity contribution in [1.82, 2.24) is 15.1 Å². The van der Waals surface area contributed by atoms with Crippen molar-refractivity contribution in [3.05, 3.63) is 46.6 Å². The van der Waals surface area contributed by atoms with E-state index < -0.39 is 0 Å². The number of hydrogen-bond acceptors (Lipinski definition) is 4. The molecule has 1 aromatic rings. The number of amides is 1. The highest BCUT2D eigenvalue weighted by atomic mass is 35.5. The van der Waals surface area contributed by atoms with Gasteiger partial charge in [-0.25, -0.2) is 0 Å². The molecule has 1 aliphatic heterocycles. The van der Waals surface area contributed by atoms with Gasteiger partial charge in [0.15, 0.2) is 0 Å². The van der Waals surface area contributed by atoms with Crippen LogP contribution in [0.1, 0.15) is 18.4 Å². The maximum Gasteiger partial charge on any atom is 0.265 e. The van der Waals surface area contributed by atoms with Crippen LogP contribution < -0.4 is 5.32 Å². The smallest absolute Gasteiger partial charge is 0.265 e. The van der Waals surface area contributed by atoms with Crippen molar-refractivity contribution < 1.29 is 4.79 Å². The first-order valence-electron chi connectivity index (χ1n) is 8.05. The summed E-state index contributed by atoms with van der Waals surface area (Å²) in [5.74, 6) is -0.237. The summed E-state index contributed by atoms with van der Waals surface area (Å²) < 4.78 is 0. The topological polar surface area (TPSA) is 59.4 Å². The minimum atomic E-state index is -0.237. The first kappa shape index (κ1) is 18.3. The van der Waals surface area contributed by atoms with Crippen LogP contribution in [-0.2, 0) is 11.3 Å². The molecule has 1 heterocycles. The van der Waals surface area contributed by atoms with E-state index in [-0.39, 0.29) is 17.5 Å². The van der Waals surface area contributed by atoms with E-state index in [0.717, 1.165) is 31.5 Å². The van der Waals surface area contributed by atoms with Crippen LogP contribution in [0.3, 0.4) is 0 Å². The Morgan fingerprint density at radius 3 is 2.75 bits per heavy atom. The number of nitrogens with zero attached hydrogens (tertiary/aromatic N) is 3. The third-order valence-electron chi connectivity index (χ3n) is 4.40. The lowest BCUT2D eigenvalue weighted by atomic mass is 10.0. The van der Waals surface area contributed by atoms with Gasteiger partial charge in [-0.1, -0.05) is 29.8 Å². The Morgan fingerprint density at radius 1 is 1.46 bits per heavy atom. The normalized spacial score (nSPS) is 16.5. The van der Waals surface area contributed by atoms with Crippen molar-refractivity contribution in [2.75, 3.05) is 27.2 Å². The molecular weight excluding hydrogens is 324 g/mol. The van der Waals surface area contributed by atoms with Gasteiger partial charge in [0.25, 0.3) is 5.91 Å². The van der Waals surface area contributed by atoms with Crippen LogP contribution in [-0.4, -0.2) is 48.9 Å². The fourth-order valence-electron chi connectivity index (χ4n) is 2.78. The molecule has 1 N–H and O–H groups in total. The zero-order valence-corrected chi connectivity index (χ0v) is 14.9. The first-order chi connectivity index (χ1) is 11.5. The average molecular weight is 347 g/mol. The third-order valence-corrected chi connectivity index (χ3v) is 4.77. The summed E-state index contributed by atoms with van der Waals surface area (Å²) in [5, 5.41) is 13.0. The Balaban J connectivity index is 1.95. The number of carbonyl (C=O) groups is 1. The second kappa shape index (κ2) is 8.72. The Bertz CT molecular complexity index is 645. The summed E-state index contributed by atoms with van der Waals surface area (Å²) in [4.78, 5) is 16.5. The van der Waals surface area contributed by atoms with Gasteiger partial charge in [0, 0.05) is 30.9 Å². The molecule has 1 fully saturated rings. The number of halogens is 1. The van der Waals surface area contributed by atoms with Gasteiger partial charge < -0.3 is 15.1 Å². The molecule has 24 heavy (non-hydrogen) atoms. The predicted molar refractivity (Wildman–Crippen MR) is 95.3 cm³/mol. The maximum atomic E-state index is 12.5. The van der Waals surface area contributed by atoms with E-state index in [1.165, 1.54) is 6.20 Å². The van der Waals surface area contributed by atoms with E-state index in [0.29, 0.717) is 11.6 Å². The summed E-state index contributed by atoms with van der Waals surface area (Å²) in [7, 11) is 3.86. The van der Waals surface area contributed by atoms with Gasteiger partial charge in [0.1, 0.15) is 11.6 Å². The monoisotopic (exact) mass is 346 g/mol. The Kier molecular flexibility index (Phi) is 6.65. The van der Waals surface area contributed by atoms with Crippen LogP contribution in [0.15, 0.2) is 36.0 Å². The number of carbonyl (C=O) groups excluding carboxylic acids is 1. The summed E-state index contributed by atoms with van der Waals surface area (Å²) >= 11 is 6.09. The molecule has 1 amide bonds. The maximum absolute atomic E-state index is 12.5. The molecular formula is C18H23ClN4O. The minimum absolute atomic E-state index is 0.114. The predicted octanol–water partition coefficient (Wildman–Crippen LogP) is 2.39. The highest BCUT2D eigenvalue weighted by molar-refractivity contribution is 6.31. The molecule has 128 valence electrons. The largest absolute Gasteiger partial charge is 0.386 e. The fraction of sp³-hybridized carbons (Fsp3) is 0.444. The van der Waals surface area contributed by atoms with Crippen molar-refractivity contribution in [3.63, 3.8) is 0 Å². The van der Waals surface area contributed by atoms with Crippen LogP contribution in [0, 0.1) is 11.3 Å². The van der Waals surface area contributed by atoms with Crippen molar-refractivity contribution >= 4 is 17.5 Å². The zero-order chi connectivity index (χ0) is 17.5. The van der Waals surface area contributed by atoms with E-state index in [4.69, 9.17) is 11.6 Å². The highest BCUT2D eigenvalue weighted by Crippen LogP contribution is 2.16. The SMILES string of the molecule is CN1CCC(N(C)C(=O)/C(C#N)=C\NCc2ccccc2Cl)CC1. The van der Waals surface area contributed by atoms with E-state index in [2.05, 4.69) is 17.3 Å². The molecule has 0 atom stereocenters. The summed E-state index contributed by atoms with van der Waals surface area (Å²) in [6, 6.07) is 9.66. The molecule has 0 saturated carbocycles. The first-order valence-corrected chi connectivity index (χ1v) is 8.43. The van der Waals surface area contributed by atoms with Crippen molar-refractivity contribution in [2.24, 2.45) is 0 Å². The highest BCUT2D eigenvalue weighted by Gasteiger charge is 2.25. The third kappa shape index (κ3) is 4.73. The van der Waals surface area contributed by atoms with Gasteiger partial charge >= 0.3 is 0 Å². The summed E-state index contributed by atoms with van der Waals surface area (Å²) in [5.41, 5.74) is 1.03. The number of nitriles is 1. The molecule has 0 aliphatic carbocycles. The second-order valence-corrected chi connectivity index (χ2v) is 6.50. The van der Waals surface area contributed by atoms with Crippen LogP contribution in [0.4, 0.5) is 0 Å². The molecule has 1 saturated heterocycles. The molecule has 5 nitrogen and oxygen atoms in total. The molecule has 0 radical (unpaired) electrons. The van der Waals surface area contributed by atoms with Crippen molar-refractivity contribution in [3.8, 4) is 6.07 Å². The molecule has 1 aromatic carbocycles. The second-order valence-electron chi connectivity index (χ2n) is 6.09. The van der Waals surface area contributed by atoms with Crippen LogP contribution in [0.2, 0.25) is 5.02 Å². The zero-order valence-electron chi connectivity index (χ0n) is 14.1. The van der Waals surface area contributed by atoms with E-state index in [1.807, 2.05) is 30.3 Å². The standard InChI is InChI=1S/C18H23ClN4O/c1-22-9-7-16(8-10-22)23(2)18(24)15(11-20)13-21-12-14-5-3-4-6-17(14)19/h3-6,13,16,21H,7-10,12H2,1-2H3/b15-13-. The summed E-state index contributed by atoms with van der Waals surface area (Å²) in [6.07, 6.45) is 3.35. The number of rotatable bonds is 5. The van der Waals surface area contributed by atoms with Crippen molar-refractivity contribution in [1.29, 1.82) is 5.26 Å². The van der Waals surface area contributed by atoms with Crippen LogP contribution in [0.25, 0.3) is 0 Å². The van der Waals surface area contributed by atoms with Gasteiger partial charge in [-0.2, -0.15) is 5.26 Å². The molecule has 0 spiro atoms. The molecule has 0 bridgehead atoms. The van der Waals surface area contributed by atoms with E-state index in [9.17, 15) is 10.1 Å². The number of hydrogen-bond donors (Lipinski definition) is 1. The molecule has 1 aliphatic rings. The quantitative estimate of drug-likeness (QED) is 0.657. The molecule has 2 rings (SSSR count). The lowest BCUT2D eigenvalue weighted by Gasteiger charge is -2.35. The molecule has 6 heteroatoms. The number of benzene rings is 1. The van der Waals surface area contributed by atoms with Gasteiger partial charge in [-0.05, 0) is 44.6 Å².